The third-order valence-electron chi connectivity index (χ3n) is 5.97. The first-order valence-electron chi connectivity index (χ1n) is 12.2. The van der Waals surface area contributed by atoms with Gasteiger partial charge >= 0.3 is 0 Å². The van der Waals surface area contributed by atoms with E-state index in [1.807, 2.05) is 36.4 Å². The van der Waals surface area contributed by atoms with Crippen LogP contribution in [0.1, 0.15) is 29.0 Å². The van der Waals surface area contributed by atoms with Crippen molar-refractivity contribution < 1.29 is 24.3 Å². The average Bonchev–Trinajstić information content (AvgIpc) is 2.92. The lowest BCUT2D eigenvalue weighted by Gasteiger charge is -2.28. The second-order valence-electron chi connectivity index (χ2n) is 8.99. The average molecular weight is 517 g/mol. The summed E-state index contributed by atoms with van der Waals surface area (Å²) in [6, 6.07) is 27.1. The molecule has 0 radical (unpaired) electrons. The van der Waals surface area contributed by atoms with Crippen LogP contribution >= 0.6 is 0 Å². The molecule has 3 aromatic rings. The third-order valence-corrected chi connectivity index (χ3v) is 5.97. The van der Waals surface area contributed by atoms with Crippen molar-refractivity contribution >= 4 is 23.6 Å². The number of carbonyl (C=O) groups excluding carboxylic acids is 4. The number of carbonyl (C=O) groups is 4. The molecule has 0 saturated carbocycles. The molecular formula is C29H32N4O5. The van der Waals surface area contributed by atoms with E-state index in [0.717, 1.165) is 11.1 Å². The van der Waals surface area contributed by atoms with E-state index < -0.39 is 41.6 Å². The molecule has 9 heteroatoms. The standard InChI is InChI=1S/C29H32N4O5/c30-25(34)16-26(35)31-19-24(23-14-8-3-9-15-23)27(36)33-20-29(38,17-21-10-4-1-5-11-21)28(37)32-18-22-12-6-2-7-13-22/h1-15,24,38H,16-20H2,(H2,30,34)(H,31,35)(H,32,37)(H,33,36)/t24-,29+/m0/s1. The zero-order valence-corrected chi connectivity index (χ0v) is 20.9. The van der Waals surface area contributed by atoms with E-state index in [4.69, 9.17) is 5.73 Å². The molecule has 0 aliphatic rings. The van der Waals surface area contributed by atoms with Crippen molar-refractivity contribution in [1.29, 1.82) is 0 Å². The maximum Gasteiger partial charge on any atom is 0.254 e. The molecule has 3 aromatic carbocycles. The van der Waals surface area contributed by atoms with Gasteiger partial charge in [0.15, 0.2) is 5.60 Å². The minimum Gasteiger partial charge on any atom is -0.378 e. The van der Waals surface area contributed by atoms with Gasteiger partial charge in [0.1, 0.15) is 6.42 Å². The second-order valence-corrected chi connectivity index (χ2v) is 8.99. The van der Waals surface area contributed by atoms with Gasteiger partial charge in [-0.3, -0.25) is 19.2 Å². The van der Waals surface area contributed by atoms with E-state index in [9.17, 15) is 24.3 Å². The molecule has 0 spiro atoms. The van der Waals surface area contributed by atoms with Gasteiger partial charge in [-0.1, -0.05) is 91.0 Å². The summed E-state index contributed by atoms with van der Waals surface area (Å²) in [4.78, 5) is 49.5. The van der Waals surface area contributed by atoms with E-state index in [2.05, 4.69) is 16.0 Å². The Morgan fingerprint density at radius 3 is 1.89 bits per heavy atom. The molecule has 0 bridgehead atoms. The number of nitrogens with two attached hydrogens (primary N) is 1. The fraction of sp³-hybridized carbons (Fsp3) is 0.241. The van der Waals surface area contributed by atoms with Crippen molar-refractivity contribution in [3.8, 4) is 0 Å². The van der Waals surface area contributed by atoms with Gasteiger partial charge < -0.3 is 26.8 Å². The molecule has 3 rings (SSSR count). The zero-order chi connectivity index (χ0) is 27.4. The molecule has 0 aliphatic carbocycles. The Morgan fingerprint density at radius 2 is 1.32 bits per heavy atom. The van der Waals surface area contributed by atoms with Gasteiger partial charge in [-0.05, 0) is 16.7 Å². The molecule has 6 N–H and O–H groups in total. The normalized spacial score (nSPS) is 13.0. The van der Waals surface area contributed by atoms with E-state index in [1.54, 1.807) is 54.6 Å². The molecule has 0 fully saturated rings. The van der Waals surface area contributed by atoms with Gasteiger partial charge in [-0.15, -0.1) is 0 Å². The Labute approximate surface area is 221 Å². The number of benzene rings is 3. The topological polar surface area (TPSA) is 151 Å². The summed E-state index contributed by atoms with van der Waals surface area (Å²) in [6.07, 6.45) is -0.526. The van der Waals surface area contributed by atoms with Crippen molar-refractivity contribution in [2.75, 3.05) is 13.1 Å². The summed E-state index contributed by atoms with van der Waals surface area (Å²) in [6.45, 7) is -0.248. The summed E-state index contributed by atoms with van der Waals surface area (Å²) in [5.74, 6) is -3.35. The van der Waals surface area contributed by atoms with E-state index in [1.165, 1.54) is 0 Å². The van der Waals surface area contributed by atoms with Crippen molar-refractivity contribution in [1.82, 2.24) is 16.0 Å². The predicted molar refractivity (Wildman–Crippen MR) is 142 cm³/mol. The smallest absolute Gasteiger partial charge is 0.254 e. The first-order chi connectivity index (χ1) is 18.3. The van der Waals surface area contributed by atoms with E-state index >= 15 is 0 Å². The molecule has 38 heavy (non-hydrogen) atoms. The lowest BCUT2D eigenvalue weighted by molar-refractivity contribution is -0.140. The van der Waals surface area contributed by atoms with Crippen LogP contribution in [0.4, 0.5) is 0 Å². The highest BCUT2D eigenvalue weighted by Crippen LogP contribution is 2.18. The summed E-state index contributed by atoms with van der Waals surface area (Å²) in [5, 5.41) is 19.5. The molecule has 2 atom stereocenters. The fourth-order valence-corrected chi connectivity index (χ4v) is 3.94. The molecule has 0 aromatic heterocycles. The minimum absolute atomic E-state index is 0.0277. The van der Waals surface area contributed by atoms with Gasteiger partial charge in [-0.25, -0.2) is 0 Å². The Kier molecular flexibility index (Phi) is 10.1. The SMILES string of the molecule is NC(=O)CC(=O)NC[C@H](C(=O)NC[C@](O)(Cc1ccccc1)C(=O)NCc1ccccc1)c1ccccc1. The number of rotatable bonds is 13. The monoisotopic (exact) mass is 516 g/mol. The Hall–Kier alpha value is -4.50. The first-order valence-corrected chi connectivity index (χ1v) is 12.2. The second kappa shape index (κ2) is 13.7. The Morgan fingerprint density at radius 1 is 0.763 bits per heavy atom. The van der Waals surface area contributed by atoms with Crippen molar-refractivity contribution in [2.45, 2.75) is 30.9 Å². The van der Waals surface area contributed by atoms with Gasteiger partial charge in [0.2, 0.25) is 17.7 Å². The Bertz CT molecular complexity index is 1220. The van der Waals surface area contributed by atoms with E-state index in [-0.39, 0.29) is 26.1 Å². The van der Waals surface area contributed by atoms with Crippen LogP contribution in [0.15, 0.2) is 91.0 Å². The lowest BCUT2D eigenvalue weighted by atomic mass is 9.92. The van der Waals surface area contributed by atoms with Gasteiger partial charge in [0.05, 0.1) is 12.5 Å². The molecule has 0 heterocycles. The van der Waals surface area contributed by atoms with Gasteiger partial charge in [0.25, 0.3) is 5.91 Å². The van der Waals surface area contributed by atoms with Crippen molar-refractivity contribution in [3.05, 3.63) is 108 Å². The molecule has 0 saturated heterocycles. The quantitative estimate of drug-likeness (QED) is 0.216. The van der Waals surface area contributed by atoms with Crippen LogP contribution < -0.4 is 21.7 Å². The number of hydrogen-bond acceptors (Lipinski definition) is 5. The van der Waals surface area contributed by atoms with Gasteiger partial charge in [-0.2, -0.15) is 0 Å². The van der Waals surface area contributed by atoms with Crippen LogP contribution in [0.3, 0.4) is 0 Å². The van der Waals surface area contributed by atoms with Crippen LogP contribution in [-0.4, -0.2) is 47.4 Å². The van der Waals surface area contributed by atoms with Crippen molar-refractivity contribution in [3.63, 3.8) is 0 Å². The molecule has 198 valence electrons. The maximum atomic E-state index is 13.3. The largest absolute Gasteiger partial charge is 0.378 e. The number of aliphatic hydroxyl groups is 1. The fourth-order valence-electron chi connectivity index (χ4n) is 3.94. The molecular weight excluding hydrogens is 484 g/mol. The highest BCUT2D eigenvalue weighted by molar-refractivity contribution is 5.96. The summed E-state index contributed by atoms with van der Waals surface area (Å²) < 4.78 is 0. The number of primary amides is 1. The molecule has 4 amide bonds. The molecule has 9 nitrogen and oxygen atoms in total. The lowest BCUT2D eigenvalue weighted by Crippen LogP contribution is -2.56. The first kappa shape index (κ1) is 28.1. The number of hydrogen-bond donors (Lipinski definition) is 5. The highest BCUT2D eigenvalue weighted by Gasteiger charge is 2.37. The van der Waals surface area contributed by atoms with Crippen molar-refractivity contribution in [2.24, 2.45) is 5.73 Å². The number of amides is 4. The van der Waals surface area contributed by atoms with Crippen LogP contribution in [0.2, 0.25) is 0 Å². The summed E-state index contributed by atoms with van der Waals surface area (Å²) >= 11 is 0. The van der Waals surface area contributed by atoms with Gasteiger partial charge in [0, 0.05) is 19.5 Å². The maximum absolute atomic E-state index is 13.3. The summed E-state index contributed by atoms with van der Waals surface area (Å²) in [7, 11) is 0. The molecule has 0 aliphatic heterocycles. The van der Waals surface area contributed by atoms with Crippen LogP contribution in [0, 0.1) is 0 Å². The highest BCUT2D eigenvalue weighted by atomic mass is 16.3. The minimum atomic E-state index is -1.94. The van der Waals surface area contributed by atoms with Crippen LogP contribution in [0.25, 0.3) is 0 Å². The van der Waals surface area contributed by atoms with Crippen LogP contribution in [0.5, 0.6) is 0 Å². The summed E-state index contributed by atoms with van der Waals surface area (Å²) in [5.41, 5.74) is 5.33. The Balaban J connectivity index is 1.74. The number of nitrogens with one attached hydrogen (secondary N) is 3. The zero-order valence-electron chi connectivity index (χ0n) is 20.9. The van der Waals surface area contributed by atoms with Crippen LogP contribution in [-0.2, 0) is 32.1 Å². The third kappa shape index (κ3) is 8.56. The van der Waals surface area contributed by atoms with E-state index in [0.29, 0.717) is 5.56 Å². The molecule has 0 unspecified atom stereocenters. The predicted octanol–water partition coefficient (Wildman–Crippen LogP) is 1.17.